The average molecular weight is 222 g/mol. The lowest BCUT2D eigenvalue weighted by molar-refractivity contribution is 0.170. The van der Waals surface area contributed by atoms with Crippen molar-refractivity contribution in [2.75, 3.05) is 13.2 Å². The number of hydrogen-bond acceptors (Lipinski definition) is 1. The summed E-state index contributed by atoms with van der Waals surface area (Å²) in [6, 6.07) is 0. The zero-order chi connectivity index (χ0) is 12.2. The Balaban J connectivity index is 2.45. The minimum atomic E-state index is 0.377. The molecule has 1 aliphatic carbocycles. The van der Waals surface area contributed by atoms with Gasteiger partial charge in [0, 0.05) is 6.61 Å². The second kappa shape index (κ2) is 5.67. The second-order valence-electron chi connectivity index (χ2n) is 5.46. The smallest absolute Gasteiger partial charge is 0.0673 e. The van der Waals surface area contributed by atoms with E-state index in [1.165, 1.54) is 18.4 Å². The first-order chi connectivity index (χ1) is 7.48. The summed E-state index contributed by atoms with van der Waals surface area (Å²) in [5, 5.41) is 0. The predicted molar refractivity (Wildman–Crippen MR) is 70.5 cm³/mol. The van der Waals surface area contributed by atoms with Gasteiger partial charge in [0.05, 0.1) is 6.61 Å². The zero-order valence-electron chi connectivity index (χ0n) is 11.5. The van der Waals surface area contributed by atoms with Crippen LogP contribution < -0.4 is 0 Å². The Morgan fingerprint density at radius 3 is 2.75 bits per heavy atom. The van der Waals surface area contributed by atoms with Crippen LogP contribution in [0.25, 0.3) is 0 Å². The lowest BCUT2D eigenvalue weighted by atomic mass is 9.76. The molecule has 0 saturated carbocycles. The fourth-order valence-corrected chi connectivity index (χ4v) is 2.25. The van der Waals surface area contributed by atoms with Gasteiger partial charge in [0.2, 0.25) is 0 Å². The summed E-state index contributed by atoms with van der Waals surface area (Å²) in [4.78, 5) is 0. The summed E-state index contributed by atoms with van der Waals surface area (Å²) in [7, 11) is 0. The summed E-state index contributed by atoms with van der Waals surface area (Å²) >= 11 is 0. The molecule has 0 spiro atoms. The highest BCUT2D eigenvalue weighted by Crippen LogP contribution is 2.44. The van der Waals surface area contributed by atoms with Crippen LogP contribution >= 0.6 is 0 Å². The molecule has 0 amide bonds. The van der Waals surface area contributed by atoms with Gasteiger partial charge in [-0.2, -0.15) is 0 Å². The van der Waals surface area contributed by atoms with Gasteiger partial charge in [0.1, 0.15) is 0 Å². The highest BCUT2D eigenvalue weighted by atomic mass is 16.5. The Morgan fingerprint density at radius 2 is 2.25 bits per heavy atom. The minimum Gasteiger partial charge on any atom is -0.377 e. The molecule has 0 fully saturated rings. The molecule has 1 atom stereocenters. The third-order valence-electron chi connectivity index (χ3n) is 4.03. The Labute approximate surface area is 101 Å². The van der Waals surface area contributed by atoms with Crippen molar-refractivity contribution >= 4 is 0 Å². The number of hydrogen-bond donors (Lipinski definition) is 0. The van der Waals surface area contributed by atoms with Gasteiger partial charge in [-0.05, 0) is 44.9 Å². The van der Waals surface area contributed by atoms with Crippen LogP contribution in [-0.2, 0) is 4.74 Å². The van der Waals surface area contributed by atoms with Crippen molar-refractivity contribution in [2.24, 2.45) is 11.3 Å². The van der Waals surface area contributed by atoms with E-state index < -0.39 is 0 Å². The Bertz CT molecular complexity index is 284. The predicted octanol–water partition coefficient (Wildman–Crippen LogP) is 4.35. The van der Waals surface area contributed by atoms with E-state index in [1.54, 1.807) is 5.57 Å². The van der Waals surface area contributed by atoms with E-state index in [1.807, 2.05) is 6.92 Å². The van der Waals surface area contributed by atoms with Crippen LogP contribution in [-0.4, -0.2) is 13.2 Å². The Kier molecular flexibility index (Phi) is 4.79. The number of ether oxygens (including phenoxy) is 1. The molecule has 0 aliphatic heterocycles. The van der Waals surface area contributed by atoms with Gasteiger partial charge in [-0.15, -0.1) is 0 Å². The summed E-state index contributed by atoms with van der Waals surface area (Å²) < 4.78 is 5.40. The van der Waals surface area contributed by atoms with Crippen molar-refractivity contribution < 1.29 is 4.74 Å². The molecule has 0 N–H and O–H groups in total. The van der Waals surface area contributed by atoms with Crippen molar-refractivity contribution in [1.29, 1.82) is 0 Å². The van der Waals surface area contributed by atoms with Gasteiger partial charge < -0.3 is 4.74 Å². The molecular weight excluding hydrogens is 196 g/mol. The van der Waals surface area contributed by atoms with Crippen LogP contribution in [0.15, 0.2) is 23.3 Å². The second-order valence-corrected chi connectivity index (χ2v) is 5.46. The van der Waals surface area contributed by atoms with Crippen LogP contribution in [0.3, 0.4) is 0 Å². The molecule has 0 aromatic carbocycles. The average Bonchev–Trinajstić information content (AvgIpc) is 2.49. The topological polar surface area (TPSA) is 9.23 Å². The van der Waals surface area contributed by atoms with E-state index in [0.29, 0.717) is 5.41 Å². The molecule has 0 heterocycles. The van der Waals surface area contributed by atoms with E-state index >= 15 is 0 Å². The molecule has 0 aromatic rings. The molecule has 1 heteroatoms. The van der Waals surface area contributed by atoms with Crippen LogP contribution in [0.2, 0.25) is 0 Å². The number of allylic oxidation sites excluding steroid dienone is 3. The molecule has 0 radical (unpaired) electrons. The summed E-state index contributed by atoms with van der Waals surface area (Å²) in [6.07, 6.45) is 7.17. The largest absolute Gasteiger partial charge is 0.377 e. The first kappa shape index (κ1) is 13.5. The lowest BCUT2D eigenvalue weighted by Crippen LogP contribution is -2.19. The van der Waals surface area contributed by atoms with Crippen molar-refractivity contribution in [2.45, 2.75) is 47.5 Å². The van der Waals surface area contributed by atoms with Gasteiger partial charge >= 0.3 is 0 Å². The number of rotatable bonds is 5. The van der Waals surface area contributed by atoms with Gasteiger partial charge in [0.15, 0.2) is 0 Å². The summed E-state index contributed by atoms with van der Waals surface area (Å²) in [6.45, 7) is 12.8. The standard InChI is InChI=1S/C15H26O/c1-6-16-11-12(2)7-9-14-10-8-13(3)15(14,4)5/h7-8,14H,6,9-11H2,1-5H3/b12-7+. The van der Waals surface area contributed by atoms with E-state index in [9.17, 15) is 0 Å². The monoisotopic (exact) mass is 222 g/mol. The third-order valence-corrected chi connectivity index (χ3v) is 4.03. The molecule has 1 unspecified atom stereocenters. The first-order valence-electron chi connectivity index (χ1n) is 6.39. The lowest BCUT2D eigenvalue weighted by Gasteiger charge is -2.29. The van der Waals surface area contributed by atoms with Gasteiger partial charge in [0.25, 0.3) is 0 Å². The van der Waals surface area contributed by atoms with Crippen LogP contribution in [0.5, 0.6) is 0 Å². The summed E-state index contributed by atoms with van der Waals surface area (Å²) in [5.41, 5.74) is 3.29. The maximum Gasteiger partial charge on any atom is 0.0673 e. The summed E-state index contributed by atoms with van der Waals surface area (Å²) in [5.74, 6) is 0.768. The molecule has 1 rings (SSSR count). The molecule has 0 saturated heterocycles. The fourth-order valence-electron chi connectivity index (χ4n) is 2.25. The highest BCUT2D eigenvalue weighted by Gasteiger charge is 2.33. The third kappa shape index (κ3) is 3.21. The van der Waals surface area contributed by atoms with Crippen molar-refractivity contribution in [3.05, 3.63) is 23.3 Å². The normalized spacial score (nSPS) is 24.7. The van der Waals surface area contributed by atoms with E-state index in [2.05, 4.69) is 39.8 Å². The van der Waals surface area contributed by atoms with E-state index in [-0.39, 0.29) is 0 Å². The quantitative estimate of drug-likeness (QED) is 0.628. The van der Waals surface area contributed by atoms with Crippen molar-refractivity contribution in [3.8, 4) is 0 Å². The SMILES string of the molecule is CCOC/C(C)=C/CC1CC=C(C)C1(C)C. The van der Waals surface area contributed by atoms with Crippen molar-refractivity contribution in [3.63, 3.8) is 0 Å². The van der Waals surface area contributed by atoms with Crippen LogP contribution in [0.4, 0.5) is 0 Å². The maximum absolute atomic E-state index is 5.40. The molecule has 0 aromatic heterocycles. The molecule has 16 heavy (non-hydrogen) atoms. The Hall–Kier alpha value is -0.560. The highest BCUT2D eigenvalue weighted by molar-refractivity contribution is 5.19. The molecule has 1 aliphatic rings. The van der Waals surface area contributed by atoms with E-state index in [0.717, 1.165) is 19.1 Å². The fraction of sp³-hybridized carbons (Fsp3) is 0.733. The molecular formula is C15H26O. The van der Waals surface area contributed by atoms with Crippen LogP contribution in [0, 0.1) is 11.3 Å². The first-order valence-corrected chi connectivity index (χ1v) is 6.39. The molecule has 92 valence electrons. The molecule has 0 bridgehead atoms. The van der Waals surface area contributed by atoms with Crippen molar-refractivity contribution in [1.82, 2.24) is 0 Å². The van der Waals surface area contributed by atoms with Gasteiger partial charge in [-0.1, -0.05) is 37.1 Å². The Morgan fingerprint density at radius 1 is 1.56 bits per heavy atom. The minimum absolute atomic E-state index is 0.377. The molecule has 1 nitrogen and oxygen atoms in total. The van der Waals surface area contributed by atoms with Gasteiger partial charge in [-0.25, -0.2) is 0 Å². The zero-order valence-corrected chi connectivity index (χ0v) is 11.5. The maximum atomic E-state index is 5.40. The van der Waals surface area contributed by atoms with E-state index in [4.69, 9.17) is 4.74 Å². The van der Waals surface area contributed by atoms with Crippen LogP contribution in [0.1, 0.15) is 47.5 Å². The van der Waals surface area contributed by atoms with Gasteiger partial charge in [-0.3, -0.25) is 0 Å².